The van der Waals surface area contributed by atoms with Crippen LogP contribution >= 0.6 is 0 Å². The number of aliphatic hydroxyl groups is 1. The number of β-amino-alcohol motifs (C(OH)–C–C–N with tert-alkyl or cyclic N) is 1. The van der Waals surface area contributed by atoms with Crippen LogP contribution in [0.15, 0.2) is 0 Å². The maximum atomic E-state index is 11.6. The first-order valence-corrected chi connectivity index (χ1v) is 7.77. The highest BCUT2D eigenvalue weighted by Gasteiger charge is 2.24. The van der Waals surface area contributed by atoms with Crippen molar-refractivity contribution in [3.05, 3.63) is 0 Å². The SMILES string of the molecule is C#CCC(C)(C)OC[C@H](O)CN1CCN(C(=O)OCC)CC1. The molecule has 1 amide bonds. The molecule has 0 unspecified atom stereocenters. The van der Waals surface area contributed by atoms with Crippen LogP contribution in [0.1, 0.15) is 27.2 Å². The Balaban J connectivity index is 2.26. The smallest absolute Gasteiger partial charge is 0.409 e. The zero-order chi connectivity index (χ0) is 16.6. The van der Waals surface area contributed by atoms with E-state index in [4.69, 9.17) is 15.9 Å². The Labute approximate surface area is 133 Å². The van der Waals surface area contributed by atoms with E-state index in [1.54, 1.807) is 11.8 Å². The summed E-state index contributed by atoms with van der Waals surface area (Å²) in [5.41, 5.74) is -0.418. The molecular formula is C16H28N2O4. The standard InChI is InChI=1S/C16H28N2O4/c1-5-7-16(3,4)22-13-14(19)12-17-8-10-18(11-9-17)15(20)21-6-2/h1,14,19H,6-13H2,2-4H3/t14-/m1/s1. The summed E-state index contributed by atoms with van der Waals surface area (Å²) in [6, 6.07) is 0. The number of hydrogen-bond acceptors (Lipinski definition) is 5. The van der Waals surface area contributed by atoms with E-state index >= 15 is 0 Å². The van der Waals surface area contributed by atoms with E-state index in [1.165, 1.54) is 0 Å². The number of ether oxygens (including phenoxy) is 2. The molecule has 1 aliphatic heterocycles. The van der Waals surface area contributed by atoms with Gasteiger partial charge in [-0.05, 0) is 20.8 Å². The van der Waals surface area contributed by atoms with Gasteiger partial charge in [0, 0.05) is 39.1 Å². The molecule has 0 aliphatic carbocycles. The van der Waals surface area contributed by atoms with Crippen molar-refractivity contribution < 1.29 is 19.4 Å². The fourth-order valence-corrected chi connectivity index (χ4v) is 2.30. The Hall–Kier alpha value is -1.29. The fraction of sp³-hybridized carbons (Fsp3) is 0.812. The molecule has 1 heterocycles. The zero-order valence-corrected chi connectivity index (χ0v) is 13.9. The molecule has 1 rings (SSSR count). The number of rotatable bonds is 7. The molecule has 126 valence electrons. The summed E-state index contributed by atoms with van der Waals surface area (Å²) < 4.78 is 10.6. The number of amides is 1. The van der Waals surface area contributed by atoms with Crippen LogP contribution in [0.4, 0.5) is 4.79 Å². The van der Waals surface area contributed by atoms with Crippen LogP contribution in [0.25, 0.3) is 0 Å². The molecule has 22 heavy (non-hydrogen) atoms. The predicted molar refractivity (Wildman–Crippen MR) is 84.5 cm³/mol. The van der Waals surface area contributed by atoms with Gasteiger partial charge in [-0.15, -0.1) is 12.3 Å². The lowest BCUT2D eigenvalue weighted by molar-refractivity contribution is -0.0649. The van der Waals surface area contributed by atoms with Gasteiger partial charge in [-0.25, -0.2) is 4.79 Å². The molecule has 0 radical (unpaired) electrons. The number of piperazine rings is 1. The van der Waals surface area contributed by atoms with Gasteiger partial charge in [0.05, 0.1) is 24.9 Å². The molecule has 1 fully saturated rings. The summed E-state index contributed by atoms with van der Waals surface area (Å²) in [5.74, 6) is 2.57. The highest BCUT2D eigenvalue weighted by atomic mass is 16.6. The van der Waals surface area contributed by atoms with Crippen molar-refractivity contribution in [1.29, 1.82) is 0 Å². The van der Waals surface area contributed by atoms with Crippen molar-refractivity contribution in [3.63, 3.8) is 0 Å². The lowest BCUT2D eigenvalue weighted by Crippen LogP contribution is -2.51. The molecule has 0 aromatic heterocycles. The highest BCUT2D eigenvalue weighted by Crippen LogP contribution is 2.14. The summed E-state index contributed by atoms with van der Waals surface area (Å²) in [6.07, 6.45) is 4.97. The van der Waals surface area contributed by atoms with E-state index in [0.717, 1.165) is 13.1 Å². The minimum absolute atomic E-state index is 0.257. The number of carbonyl (C=O) groups excluding carboxylic acids is 1. The van der Waals surface area contributed by atoms with Gasteiger partial charge in [-0.1, -0.05) is 0 Å². The second-order valence-electron chi connectivity index (χ2n) is 6.09. The molecule has 0 aromatic carbocycles. The van der Waals surface area contributed by atoms with Crippen molar-refractivity contribution in [1.82, 2.24) is 9.80 Å². The number of carbonyl (C=O) groups is 1. The highest BCUT2D eigenvalue weighted by molar-refractivity contribution is 5.67. The fourth-order valence-electron chi connectivity index (χ4n) is 2.30. The minimum Gasteiger partial charge on any atom is -0.450 e. The van der Waals surface area contributed by atoms with Gasteiger partial charge in [0.15, 0.2) is 0 Å². The molecule has 6 heteroatoms. The monoisotopic (exact) mass is 312 g/mol. The molecule has 0 bridgehead atoms. The summed E-state index contributed by atoms with van der Waals surface area (Å²) in [5, 5.41) is 10.1. The van der Waals surface area contributed by atoms with E-state index in [2.05, 4.69) is 10.8 Å². The van der Waals surface area contributed by atoms with E-state index in [1.807, 2.05) is 13.8 Å². The molecule has 1 atom stereocenters. The van der Waals surface area contributed by atoms with Gasteiger partial charge < -0.3 is 19.5 Å². The predicted octanol–water partition coefficient (Wildman–Crippen LogP) is 0.940. The number of terminal acetylenes is 1. The normalized spacial score (nSPS) is 17.9. The Kier molecular flexibility index (Phi) is 7.66. The average molecular weight is 312 g/mol. The Morgan fingerprint density at radius 1 is 1.36 bits per heavy atom. The summed E-state index contributed by atoms with van der Waals surface area (Å²) in [7, 11) is 0. The van der Waals surface area contributed by atoms with Gasteiger partial charge in [0.2, 0.25) is 0 Å². The quantitative estimate of drug-likeness (QED) is 0.709. The zero-order valence-electron chi connectivity index (χ0n) is 13.9. The molecule has 0 saturated carbocycles. The third-order valence-electron chi connectivity index (χ3n) is 3.56. The van der Waals surface area contributed by atoms with E-state index in [9.17, 15) is 9.90 Å². The topological polar surface area (TPSA) is 62.2 Å². The number of nitrogens with zero attached hydrogens (tertiary/aromatic N) is 2. The molecule has 1 N–H and O–H groups in total. The molecule has 1 saturated heterocycles. The molecule has 0 aromatic rings. The largest absolute Gasteiger partial charge is 0.450 e. The van der Waals surface area contributed by atoms with Gasteiger partial charge in [-0.2, -0.15) is 0 Å². The second-order valence-corrected chi connectivity index (χ2v) is 6.09. The van der Waals surface area contributed by atoms with Crippen LogP contribution in [0.3, 0.4) is 0 Å². The molecule has 0 spiro atoms. The molecule has 6 nitrogen and oxygen atoms in total. The van der Waals surface area contributed by atoms with Crippen molar-refractivity contribution in [2.75, 3.05) is 45.9 Å². The van der Waals surface area contributed by atoms with Crippen LogP contribution < -0.4 is 0 Å². The first kappa shape index (κ1) is 18.8. The van der Waals surface area contributed by atoms with Gasteiger partial charge in [0.1, 0.15) is 0 Å². The molecule has 1 aliphatic rings. The first-order chi connectivity index (χ1) is 10.4. The van der Waals surface area contributed by atoms with Crippen molar-refractivity contribution in [2.45, 2.75) is 38.9 Å². The Morgan fingerprint density at radius 2 is 2.00 bits per heavy atom. The van der Waals surface area contributed by atoms with Gasteiger partial charge in [-0.3, -0.25) is 4.90 Å². The Bertz CT molecular complexity index is 384. The Morgan fingerprint density at radius 3 is 2.55 bits per heavy atom. The maximum Gasteiger partial charge on any atom is 0.409 e. The average Bonchev–Trinajstić information content (AvgIpc) is 2.46. The van der Waals surface area contributed by atoms with Gasteiger partial charge in [0.25, 0.3) is 0 Å². The van der Waals surface area contributed by atoms with Gasteiger partial charge >= 0.3 is 6.09 Å². The van der Waals surface area contributed by atoms with Crippen LogP contribution in [-0.4, -0.2) is 78.6 Å². The third kappa shape index (κ3) is 6.65. The molecular weight excluding hydrogens is 284 g/mol. The van der Waals surface area contributed by atoms with Crippen LogP contribution in [0, 0.1) is 12.3 Å². The summed E-state index contributed by atoms with van der Waals surface area (Å²) in [6.45, 7) is 9.50. The minimum atomic E-state index is -0.564. The lowest BCUT2D eigenvalue weighted by Gasteiger charge is -2.35. The third-order valence-corrected chi connectivity index (χ3v) is 3.56. The van der Waals surface area contributed by atoms with Crippen molar-refractivity contribution in [3.8, 4) is 12.3 Å². The van der Waals surface area contributed by atoms with E-state index in [0.29, 0.717) is 32.7 Å². The van der Waals surface area contributed by atoms with Crippen molar-refractivity contribution in [2.24, 2.45) is 0 Å². The summed E-state index contributed by atoms with van der Waals surface area (Å²) in [4.78, 5) is 15.4. The first-order valence-electron chi connectivity index (χ1n) is 7.77. The lowest BCUT2D eigenvalue weighted by atomic mass is 10.1. The van der Waals surface area contributed by atoms with Crippen LogP contribution in [0.2, 0.25) is 0 Å². The van der Waals surface area contributed by atoms with Crippen LogP contribution in [-0.2, 0) is 9.47 Å². The van der Waals surface area contributed by atoms with Crippen molar-refractivity contribution >= 4 is 6.09 Å². The number of aliphatic hydroxyl groups excluding tert-OH is 1. The number of hydrogen-bond donors (Lipinski definition) is 1. The van der Waals surface area contributed by atoms with Crippen LogP contribution in [0.5, 0.6) is 0 Å². The maximum absolute atomic E-state index is 11.6. The summed E-state index contributed by atoms with van der Waals surface area (Å²) >= 11 is 0. The van der Waals surface area contributed by atoms with E-state index in [-0.39, 0.29) is 12.7 Å². The van der Waals surface area contributed by atoms with E-state index < -0.39 is 11.7 Å². The second kappa shape index (κ2) is 8.99.